The number of nitrogens with zero attached hydrogens (tertiary/aromatic N) is 5. The van der Waals surface area contributed by atoms with Crippen molar-refractivity contribution in [3.05, 3.63) is 41.6 Å². The minimum atomic E-state index is -0.0178. The number of benzene rings is 1. The van der Waals surface area contributed by atoms with Crippen LogP contribution in [0, 0.1) is 5.92 Å². The molecule has 1 atom stereocenters. The lowest BCUT2D eigenvalue weighted by Gasteiger charge is -2.30. The third-order valence-electron chi connectivity index (χ3n) is 7.87. The molecule has 1 saturated carbocycles. The van der Waals surface area contributed by atoms with Gasteiger partial charge in [0, 0.05) is 49.4 Å². The van der Waals surface area contributed by atoms with Crippen molar-refractivity contribution >= 4 is 28.0 Å². The van der Waals surface area contributed by atoms with Crippen LogP contribution in [0.3, 0.4) is 0 Å². The number of methoxy groups -OCH3 is 1. The van der Waals surface area contributed by atoms with Crippen LogP contribution in [0.25, 0.3) is 33.6 Å². The quantitative estimate of drug-likeness (QED) is 0.415. The number of nitrogens with two attached hydrogens (primary N) is 1. The molecule has 1 aliphatic carbocycles. The van der Waals surface area contributed by atoms with Crippen LogP contribution in [0.15, 0.2) is 30.3 Å². The van der Waals surface area contributed by atoms with E-state index in [1.807, 2.05) is 24.1 Å². The molecule has 4 heterocycles. The number of pyridine rings is 1. The van der Waals surface area contributed by atoms with Gasteiger partial charge in [0.15, 0.2) is 5.82 Å². The average molecular weight is 501 g/mol. The lowest BCUT2D eigenvalue weighted by molar-refractivity contribution is 0.0708. The van der Waals surface area contributed by atoms with E-state index in [0.717, 1.165) is 65.2 Å². The Kier molecular flexibility index (Phi) is 5.94. The van der Waals surface area contributed by atoms with Crippen LogP contribution in [0.5, 0.6) is 5.75 Å². The van der Waals surface area contributed by atoms with Gasteiger partial charge in [-0.25, -0.2) is 9.97 Å². The molecule has 1 aliphatic heterocycles. The number of amides is 1. The summed E-state index contributed by atoms with van der Waals surface area (Å²) in [6.07, 6.45) is 4.40. The molecule has 2 N–H and O–H groups in total. The Morgan fingerprint density at radius 1 is 1.16 bits per heavy atom. The Bertz CT molecular complexity index is 1500. The molecule has 8 heteroatoms. The van der Waals surface area contributed by atoms with E-state index in [0.29, 0.717) is 29.7 Å². The van der Waals surface area contributed by atoms with Gasteiger partial charge in [-0.05, 0) is 67.9 Å². The minimum Gasteiger partial charge on any atom is -0.494 e. The summed E-state index contributed by atoms with van der Waals surface area (Å²) in [7, 11) is 3.67. The number of imidazole rings is 1. The van der Waals surface area contributed by atoms with Gasteiger partial charge in [0.2, 0.25) is 0 Å². The SMILES string of the molecule is COc1cc(C(=O)N2CCC[C@@H](N)C2)cc2nc(-c3cc4ccc(C(C)C)nc4n3CC3CC3)n(C)c12. The topological polar surface area (TPSA) is 91.2 Å². The maximum Gasteiger partial charge on any atom is 0.254 e. The molecular weight excluding hydrogens is 464 g/mol. The molecule has 37 heavy (non-hydrogen) atoms. The molecular formula is C29H36N6O2. The van der Waals surface area contributed by atoms with Crippen LogP contribution in [0.4, 0.5) is 0 Å². The number of aromatic nitrogens is 4. The third kappa shape index (κ3) is 4.27. The van der Waals surface area contributed by atoms with Crippen molar-refractivity contribution in [2.75, 3.05) is 20.2 Å². The van der Waals surface area contributed by atoms with Gasteiger partial charge in [0.1, 0.15) is 16.9 Å². The zero-order chi connectivity index (χ0) is 25.8. The van der Waals surface area contributed by atoms with E-state index >= 15 is 0 Å². The summed E-state index contributed by atoms with van der Waals surface area (Å²) in [6, 6.07) is 10.3. The van der Waals surface area contributed by atoms with Gasteiger partial charge in [0.05, 0.1) is 18.3 Å². The number of carbonyl (C=O) groups is 1. The van der Waals surface area contributed by atoms with Crippen molar-refractivity contribution in [1.29, 1.82) is 0 Å². The summed E-state index contributed by atoms with van der Waals surface area (Å²) in [5, 5.41) is 1.12. The number of carbonyl (C=O) groups excluding carboxylic acids is 1. The summed E-state index contributed by atoms with van der Waals surface area (Å²) >= 11 is 0. The Morgan fingerprint density at radius 3 is 2.68 bits per heavy atom. The van der Waals surface area contributed by atoms with E-state index in [-0.39, 0.29) is 11.9 Å². The second-order valence-electron chi connectivity index (χ2n) is 11.1. The highest BCUT2D eigenvalue weighted by molar-refractivity contribution is 6.00. The molecule has 0 radical (unpaired) electrons. The molecule has 3 aromatic heterocycles. The number of ether oxygens (including phenoxy) is 1. The van der Waals surface area contributed by atoms with Gasteiger partial charge >= 0.3 is 0 Å². The second-order valence-corrected chi connectivity index (χ2v) is 11.1. The van der Waals surface area contributed by atoms with Crippen molar-refractivity contribution in [1.82, 2.24) is 24.0 Å². The number of piperidine rings is 1. The van der Waals surface area contributed by atoms with Crippen LogP contribution in [-0.2, 0) is 13.6 Å². The molecule has 2 fully saturated rings. The van der Waals surface area contributed by atoms with Gasteiger partial charge in [0.25, 0.3) is 5.91 Å². The number of likely N-dealkylation sites (tertiary alicyclic amines) is 1. The Balaban J connectivity index is 1.48. The number of hydrogen-bond acceptors (Lipinski definition) is 5. The van der Waals surface area contributed by atoms with E-state index in [4.69, 9.17) is 20.4 Å². The second kappa shape index (κ2) is 9.17. The fraction of sp³-hybridized carbons (Fsp3) is 0.483. The molecule has 6 rings (SSSR count). The highest BCUT2D eigenvalue weighted by Gasteiger charge is 2.28. The van der Waals surface area contributed by atoms with Crippen LogP contribution in [0.1, 0.15) is 61.5 Å². The first kappa shape index (κ1) is 24.0. The van der Waals surface area contributed by atoms with E-state index in [1.165, 1.54) is 12.8 Å². The smallest absolute Gasteiger partial charge is 0.254 e. The Labute approximate surface area is 217 Å². The van der Waals surface area contributed by atoms with Crippen LogP contribution >= 0.6 is 0 Å². The van der Waals surface area contributed by atoms with E-state index in [1.54, 1.807) is 7.11 Å². The molecule has 4 aromatic rings. The summed E-state index contributed by atoms with van der Waals surface area (Å²) < 4.78 is 10.2. The number of aryl methyl sites for hydroxylation is 1. The lowest BCUT2D eigenvalue weighted by Crippen LogP contribution is -2.45. The molecule has 194 valence electrons. The zero-order valence-corrected chi connectivity index (χ0v) is 22.2. The van der Waals surface area contributed by atoms with E-state index in [9.17, 15) is 4.79 Å². The van der Waals surface area contributed by atoms with Crippen molar-refractivity contribution in [2.24, 2.45) is 18.7 Å². The maximum absolute atomic E-state index is 13.4. The number of rotatable bonds is 6. The van der Waals surface area contributed by atoms with Crippen molar-refractivity contribution in [2.45, 2.75) is 58.0 Å². The summed E-state index contributed by atoms with van der Waals surface area (Å²) in [5.41, 5.74) is 11.5. The average Bonchev–Trinajstić information content (AvgIpc) is 3.56. The first-order valence-corrected chi connectivity index (χ1v) is 13.4. The standard InChI is InChI=1S/C29H36N6O2/c1-17(2)22-10-9-19-13-24(35(27(19)31-22)15-18-7-8-18)28-32-23-12-20(14-25(37-4)26(23)33(28)3)29(36)34-11-5-6-21(30)16-34/h9-10,12-14,17-18,21H,5-8,11,15-16,30H2,1-4H3/t21-/m1/s1. The van der Waals surface area contributed by atoms with Crippen molar-refractivity contribution in [3.63, 3.8) is 0 Å². The molecule has 0 bridgehead atoms. The number of fused-ring (bicyclic) bond motifs is 2. The molecule has 1 saturated heterocycles. The molecule has 1 amide bonds. The normalized spacial score (nSPS) is 18.3. The molecule has 2 aliphatic rings. The highest BCUT2D eigenvalue weighted by Crippen LogP contribution is 2.38. The number of hydrogen-bond donors (Lipinski definition) is 1. The van der Waals surface area contributed by atoms with Gasteiger partial charge < -0.3 is 24.5 Å². The van der Waals surface area contributed by atoms with E-state index < -0.39 is 0 Å². The third-order valence-corrected chi connectivity index (χ3v) is 7.87. The van der Waals surface area contributed by atoms with Gasteiger partial charge in [-0.2, -0.15) is 0 Å². The first-order valence-electron chi connectivity index (χ1n) is 13.4. The van der Waals surface area contributed by atoms with Gasteiger partial charge in [-0.1, -0.05) is 13.8 Å². The lowest BCUT2D eigenvalue weighted by atomic mass is 10.0. The van der Waals surface area contributed by atoms with Crippen molar-refractivity contribution in [3.8, 4) is 17.3 Å². The van der Waals surface area contributed by atoms with Gasteiger partial charge in [-0.15, -0.1) is 0 Å². The van der Waals surface area contributed by atoms with Gasteiger partial charge in [-0.3, -0.25) is 4.79 Å². The molecule has 0 spiro atoms. The predicted molar refractivity (Wildman–Crippen MR) is 146 cm³/mol. The zero-order valence-electron chi connectivity index (χ0n) is 22.2. The van der Waals surface area contributed by atoms with E-state index in [2.05, 4.69) is 41.2 Å². The summed E-state index contributed by atoms with van der Waals surface area (Å²) in [4.78, 5) is 25.4. The van der Waals surface area contributed by atoms with Crippen LogP contribution in [-0.4, -0.2) is 56.2 Å². The maximum atomic E-state index is 13.4. The monoisotopic (exact) mass is 500 g/mol. The van der Waals surface area contributed by atoms with Crippen LogP contribution in [0.2, 0.25) is 0 Å². The first-order chi connectivity index (χ1) is 17.8. The predicted octanol–water partition coefficient (Wildman–Crippen LogP) is 4.70. The molecule has 8 nitrogen and oxygen atoms in total. The fourth-order valence-corrected chi connectivity index (χ4v) is 5.59. The highest BCUT2D eigenvalue weighted by atomic mass is 16.5. The Morgan fingerprint density at radius 2 is 1.97 bits per heavy atom. The minimum absolute atomic E-state index is 0.0178. The van der Waals surface area contributed by atoms with Crippen LogP contribution < -0.4 is 10.5 Å². The largest absolute Gasteiger partial charge is 0.494 e. The summed E-state index contributed by atoms with van der Waals surface area (Å²) in [6.45, 7) is 6.61. The Hall–Kier alpha value is -3.39. The molecule has 0 unspecified atom stereocenters. The molecule has 1 aromatic carbocycles. The summed E-state index contributed by atoms with van der Waals surface area (Å²) in [5.74, 6) is 2.53. The fourth-order valence-electron chi connectivity index (χ4n) is 5.59. The van der Waals surface area contributed by atoms with Crippen molar-refractivity contribution < 1.29 is 9.53 Å².